The Morgan fingerprint density at radius 1 is 1.13 bits per heavy atom. The molecule has 0 aliphatic carbocycles. The van der Waals surface area contributed by atoms with Gasteiger partial charge in [0.2, 0.25) is 0 Å². The van der Waals surface area contributed by atoms with E-state index in [0.29, 0.717) is 6.04 Å². The van der Waals surface area contributed by atoms with Crippen molar-refractivity contribution in [1.29, 1.82) is 0 Å². The van der Waals surface area contributed by atoms with Crippen molar-refractivity contribution < 1.29 is 4.74 Å². The van der Waals surface area contributed by atoms with Crippen LogP contribution in [0.2, 0.25) is 0 Å². The van der Waals surface area contributed by atoms with Crippen LogP contribution in [-0.2, 0) is 4.74 Å². The lowest BCUT2D eigenvalue weighted by molar-refractivity contribution is 0.0159. The second kappa shape index (κ2) is 8.08. The van der Waals surface area contributed by atoms with Crippen molar-refractivity contribution in [1.82, 2.24) is 10.6 Å². The second-order valence-corrected chi connectivity index (χ2v) is 4.93. The summed E-state index contributed by atoms with van der Waals surface area (Å²) in [6.07, 6.45) is 2.24. The third-order valence-corrected chi connectivity index (χ3v) is 2.54. The topological polar surface area (TPSA) is 33.3 Å². The summed E-state index contributed by atoms with van der Waals surface area (Å²) in [6.45, 7) is 11.8. The number of methoxy groups -OCH3 is 1. The molecule has 0 saturated heterocycles. The number of hydrogen-bond donors (Lipinski definition) is 2. The molecule has 0 bridgehead atoms. The third-order valence-electron chi connectivity index (χ3n) is 2.54. The Bertz CT molecular complexity index is 147. The summed E-state index contributed by atoms with van der Waals surface area (Å²) in [4.78, 5) is 0. The molecule has 0 fully saturated rings. The molecule has 0 amide bonds. The summed E-state index contributed by atoms with van der Waals surface area (Å²) in [6, 6.07) is 0.595. The molecule has 0 rings (SSSR count). The van der Waals surface area contributed by atoms with E-state index in [1.165, 1.54) is 6.42 Å². The summed E-state index contributed by atoms with van der Waals surface area (Å²) in [5.41, 5.74) is 0.00316. The van der Waals surface area contributed by atoms with E-state index in [4.69, 9.17) is 4.74 Å². The minimum absolute atomic E-state index is 0.00316. The molecule has 0 heterocycles. The van der Waals surface area contributed by atoms with Gasteiger partial charge in [0, 0.05) is 13.2 Å². The van der Waals surface area contributed by atoms with Gasteiger partial charge in [0.15, 0.2) is 0 Å². The van der Waals surface area contributed by atoms with Crippen molar-refractivity contribution in [3.05, 3.63) is 0 Å². The Kier molecular flexibility index (Phi) is 8.02. The van der Waals surface area contributed by atoms with Crippen molar-refractivity contribution in [3.8, 4) is 0 Å². The minimum atomic E-state index is 0.00316. The van der Waals surface area contributed by atoms with Crippen LogP contribution in [-0.4, -0.2) is 38.4 Å². The van der Waals surface area contributed by atoms with E-state index in [0.717, 1.165) is 26.1 Å². The molecule has 0 aromatic heterocycles. The highest BCUT2D eigenvalue weighted by molar-refractivity contribution is 4.68. The molecule has 0 saturated carbocycles. The molecule has 3 heteroatoms. The maximum Gasteiger partial charge on any atom is 0.0634 e. The van der Waals surface area contributed by atoms with Crippen LogP contribution < -0.4 is 10.6 Å². The van der Waals surface area contributed by atoms with Gasteiger partial charge in [0.05, 0.1) is 5.60 Å². The molecular formula is C12H28N2O. The normalized spacial score (nSPS) is 12.4. The molecule has 0 radical (unpaired) electrons. The van der Waals surface area contributed by atoms with E-state index in [1.54, 1.807) is 7.11 Å². The van der Waals surface area contributed by atoms with Crippen LogP contribution in [0, 0.1) is 0 Å². The van der Waals surface area contributed by atoms with E-state index in [9.17, 15) is 0 Å². The highest BCUT2D eigenvalue weighted by Crippen LogP contribution is 2.10. The zero-order valence-corrected chi connectivity index (χ0v) is 11.0. The van der Waals surface area contributed by atoms with Gasteiger partial charge in [-0.3, -0.25) is 0 Å². The SMILES string of the molecule is COC(C)(C)CCNCCCNC(C)C. The zero-order chi connectivity index (χ0) is 11.7. The second-order valence-electron chi connectivity index (χ2n) is 4.93. The summed E-state index contributed by atoms with van der Waals surface area (Å²) >= 11 is 0. The summed E-state index contributed by atoms with van der Waals surface area (Å²) < 4.78 is 5.34. The molecule has 0 aliphatic rings. The van der Waals surface area contributed by atoms with E-state index < -0.39 is 0 Å². The largest absolute Gasteiger partial charge is 0.379 e. The zero-order valence-electron chi connectivity index (χ0n) is 11.0. The first-order chi connectivity index (χ1) is 6.98. The molecule has 15 heavy (non-hydrogen) atoms. The van der Waals surface area contributed by atoms with Crippen molar-refractivity contribution >= 4 is 0 Å². The Balaban J connectivity index is 3.18. The van der Waals surface area contributed by atoms with Crippen LogP contribution in [0.5, 0.6) is 0 Å². The van der Waals surface area contributed by atoms with Gasteiger partial charge in [-0.1, -0.05) is 13.8 Å². The minimum Gasteiger partial charge on any atom is -0.379 e. The monoisotopic (exact) mass is 216 g/mol. The quantitative estimate of drug-likeness (QED) is 0.576. The predicted molar refractivity (Wildman–Crippen MR) is 66.3 cm³/mol. The van der Waals surface area contributed by atoms with Crippen LogP contribution in [0.15, 0.2) is 0 Å². The molecule has 3 nitrogen and oxygen atoms in total. The summed E-state index contributed by atoms with van der Waals surface area (Å²) in [5.74, 6) is 0. The first-order valence-electron chi connectivity index (χ1n) is 5.97. The third kappa shape index (κ3) is 10.2. The Labute approximate surface area is 95.0 Å². The van der Waals surface area contributed by atoms with Crippen LogP contribution in [0.1, 0.15) is 40.5 Å². The van der Waals surface area contributed by atoms with E-state index in [1.807, 2.05) is 0 Å². The van der Waals surface area contributed by atoms with Crippen LogP contribution in [0.4, 0.5) is 0 Å². The average molecular weight is 216 g/mol. The number of nitrogens with one attached hydrogen (secondary N) is 2. The smallest absolute Gasteiger partial charge is 0.0634 e. The predicted octanol–water partition coefficient (Wildman–Crippen LogP) is 1.78. The molecule has 0 spiro atoms. The van der Waals surface area contributed by atoms with Gasteiger partial charge in [0.25, 0.3) is 0 Å². The Hall–Kier alpha value is -0.120. The van der Waals surface area contributed by atoms with Crippen molar-refractivity contribution in [3.63, 3.8) is 0 Å². The Morgan fingerprint density at radius 3 is 2.33 bits per heavy atom. The Morgan fingerprint density at radius 2 is 1.80 bits per heavy atom. The standard InChI is InChI=1S/C12H28N2O/c1-11(2)14-9-6-8-13-10-7-12(3,4)15-5/h11,13-14H,6-10H2,1-5H3. The molecule has 0 aromatic carbocycles. The number of rotatable bonds is 9. The van der Waals surface area contributed by atoms with Gasteiger partial charge in [-0.2, -0.15) is 0 Å². The first-order valence-corrected chi connectivity index (χ1v) is 5.97. The fourth-order valence-electron chi connectivity index (χ4n) is 1.22. The molecule has 0 aliphatic heterocycles. The van der Waals surface area contributed by atoms with Gasteiger partial charge in [0.1, 0.15) is 0 Å². The molecule has 92 valence electrons. The van der Waals surface area contributed by atoms with E-state index in [-0.39, 0.29) is 5.60 Å². The van der Waals surface area contributed by atoms with Crippen molar-refractivity contribution in [2.24, 2.45) is 0 Å². The molecule has 0 unspecified atom stereocenters. The van der Waals surface area contributed by atoms with Gasteiger partial charge < -0.3 is 15.4 Å². The van der Waals surface area contributed by atoms with Crippen LogP contribution in [0.25, 0.3) is 0 Å². The van der Waals surface area contributed by atoms with Crippen molar-refractivity contribution in [2.75, 3.05) is 26.7 Å². The van der Waals surface area contributed by atoms with Crippen LogP contribution >= 0.6 is 0 Å². The first kappa shape index (κ1) is 14.9. The average Bonchev–Trinajstić information content (AvgIpc) is 2.16. The maximum absolute atomic E-state index is 5.34. The molecule has 0 aromatic rings. The van der Waals surface area contributed by atoms with Crippen molar-refractivity contribution in [2.45, 2.75) is 52.2 Å². The number of hydrogen-bond acceptors (Lipinski definition) is 3. The van der Waals surface area contributed by atoms with Gasteiger partial charge in [-0.15, -0.1) is 0 Å². The maximum atomic E-state index is 5.34. The van der Waals surface area contributed by atoms with Gasteiger partial charge in [-0.25, -0.2) is 0 Å². The number of ether oxygens (including phenoxy) is 1. The lowest BCUT2D eigenvalue weighted by atomic mass is 10.1. The summed E-state index contributed by atoms with van der Waals surface area (Å²) in [7, 11) is 1.77. The van der Waals surface area contributed by atoms with E-state index in [2.05, 4.69) is 38.3 Å². The molecular weight excluding hydrogens is 188 g/mol. The highest BCUT2D eigenvalue weighted by Gasteiger charge is 2.14. The summed E-state index contributed by atoms with van der Waals surface area (Å²) in [5, 5.41) is 6.83. The molecule has 2 N–H and O–H groups in total. The fourth-order valence-corrected chi connectivity index (χ4v) is 1.22. The lowest BCUT2D eigenvalue weighted by Gasteiger charge is -2.22. The van der Waals surface area contributed by atoms with Crippen LogP contribution in [0.3, 0.4) is 0 Å². The lowest BCUT2D eigenvalue weighted by Crippen LogP contribution is -2.31. The van der Waals surface area contributed by atoms with Gasteiger partial charge >= 0.3 is 0 Å². The van der Waals surface area contributed by atoms with Gasteiger partial charge in [-0.05, 0) is 46.3 Å². The van der Waals surface area contributed by atoms with E-state index >= 15 is 0 Å². The molecule has 0 atom stereocenters. The fraction of sp³-hybridized carbons (Fsp3) is 1.00. The highest BCUT2D eigenvalue weighted by atomic mass is 16.5.